The maximum absolute atomic E-state index is 9.89. The quantitative estimate of drug-likeness (QED) is 0.281. The molecule has 0 bridgehead atoms. The van der Waals surface area contributed by atoms with Gasteiger partial charge >= 0.3 is 0 Å². The Bertz CT molecular complexity index is 1120. The normalized spacial score (nSPS) is 16.5. The molecule has 1 aliphatic carbocycles. The highest BCUT2D eigenvalue weighted by Gasteiger charge is 2.35. The minimum absolute atomic E-state index is 0.483. The zero-order valence-corrected chi connectivity index (χ0v) is 18.2. The van der Waals surface area contributed by atoms with Gasteiger partial charge in [-0.15, -0.1) is 11.3 Å². The van der Waals surface area contributed by atoms with Gasteiger partial charge in [-0.3, -0.25) is 4.79 Å². The highest BCUT2D eigenvalue weighted by Crippen LogP contribution is 2.38. The Morgan fingerprint density at radius 2 is 2.06 bits per heavy atom. The fraction of sp³-hybridized carbons (Fsp3) is 0.364. The van der Waals surface area contributed by atoms with E-state index in [-0.39, 0.29) is 0 Å². The fourth-order valence-electron chi connectivity index (χ4n) is 4.00. The first-order chi connectivity index (χ1) is 14.9. The number of rotatable bonds is 4. The van der Waals surface area contributed by atoms with Gasteiger partial charge in [-0.05, 0) is 56.4 Å². The molecule has 0 radical (unpaired) electrons. The van der Waals surface area contributed by atoms with Crippen molar-refractivity contribution >= 4 is 51.4 Å². The van der Waals surface area contributed by atoms with Crippen LogP contribution in [0.3, 0.4) is 0 Å². The lowest BCUT2D eigenvalue weighted by Crippen LogP contribution is -2.58. The molecule has 0 spiro atoms. The molecular weight excluding hydrogens is 412 g/mol. The van der Waals surface area contributed by atoms with E-state index in [0.29, 0.717) is 24.3 Å². The summed E-state index contributed by atoms with van der Waals surface area (Å²) < 4.78 is 0. The molecule has 0 unspecified atom stereocenters. The van der Waals surface area contributed by atoms with Crippen LogP contribution in [0.4, 0.5) is 17.2 Å². The number of thiophene rings is 1. The predicted molar refractivity (Wildman–Crippen MR) is 124 cm³/mol. The summed E-state index contributed by atoms with van der Waals surface area (Å²) in [6.45, 7) is 2.68. The summed E-state index contributed by atoms with van der Waals surface area (Å²) >= 11 is 1.79. The van der Waals surface area contributed by atoms with E-state index in [1.807, 2.05) is 18.2 Å². The first-order valence-corrected chi connectivity index (χ1v) is 11.1. The summed E-state index contributed by atoms with van der Waals surface area (Å²) in [6, 6.07) is 5.59. The minimum Gasteiger partial charge on any atom is -0.398 e. The van der Waals surface area contributed by atoms with Crippen molar-refractivity contribution in [2.45, 2.75) is 38.2 Å². The van der Waals surface area contributed by atoms with Crippen LogP contribution < -0.4 is 11.1 Å². The molecule has 0 saturated carbocycles. The third-order valence-corrected chi connectivity index (χ3v) is 6.69. The number of fused-ring (bicyclic) bond motifs is 3. The Balaban J connectivity index is 0.000000245. The Kier molecular flexibility index (Phi) is 5.88. The number of hydrogen-bond acceptors (Lipinski definition) is 8. The molecule has 2 aromatic heterocycles. The maximum Gasteiger partial charge on any atom is 0.209 e. The van der Waals surface area contributed by atoms with Crippen molar-refractivity contribution in [3.63, 3.8) is 0 Å². The molecule has 162 valence electrons. The highest BCUT2D eigenvalue weighted by atomic mass is 32.1. The van der Waals surface area contributed by atoms with E-state index in [4.69, 9.17) is 16.2 Å². The van der Waals surface area contributed by atoms with Gasteiger partial charge in [0.25, 0.3) is 0 Å². The number of anilines is 3. The summed E-state index contributed by atoms with van der Waals surface area (Å²) in [5.74, 6) is 0.843. The van der Waals surface area contributed by atoms with Gasteiger partial charge in [0.05, 0.1) is 24.1 Å². The van der Waals surface area contributed by atoms with Gasteiger partial charge in [0.15, 0.2) is 0 Å². The number of carbonyl (C=O) groups excluding carboxylic acids is 1. The molecule has 9 heteroatoms. The number of nitrogens with zero attached hydrogens (tertiary/aromatic N) is 3. The van der Waals surface area contributed by atoms with Crippen LogP contribution in [-0.4, -0.2) is 51.3 Å². The summed E-state index contributed by atoms with van der Waals surface area (Å²) in [6.07, 6.45) is 8.37. The number of aromatic nitrogens is 2. The number of hydrogen-bond donors (Lipinski definition) is 4. The van der Waals surface area contributed by atoms with Crippen LogP contribution in [0.2, 0.25) is 0 Å². The number of benzene rings is 1. The van der Waals surface area contributed by atoms with Gasteiger partial charge in [0, 0.05) is 28.0 Å². The topological polar surface area (TPSA) is 128 Å². The number of carbonyl (C=O) groups is 1. The standard InChI is InChI=1S/C17H17N5S.C5H9NO2/c18-8-10-7-11(5-6-13(10)19)22-16-15-12-3-1-2-4-14(12)23-17(15)21-9-20-16;1-5(8)2-6(3-5)4-7/h5-9,18H,1-4,19H2,(H,20,21,22);4,8H,2-3H2,1H3. The molecule has 3 heterocycles. The zero-order chi connectivity index (χ0) is 22.0. The maximum atomic E-state index is 9.89. The number of nitrogen functional groups attached to an aromatic ring is 1. The molecule has 3 aromatic rings. The van der Waals surface area contributed by atoms with Crippen LogP contribution in [0.5, 0.6) is 0 Å². The third-order valence-electron chi connectivity index (χ3n) is 5.49. The van der Waals surface area contributed by atoms with Gasteiger partial charge in [0.1, 0.15) is 17.0 Å². The monoisotopic (exact) mass is 438 g/mol. The highest BCUT2D eigenvalue weighted by molar-refractivity contribution is 7.19. The van der Waals surface area contributed by atoms with Gasteiger partial charge in [-0.1, -0.05) is 0 Å². The van der Waals surface area contributed by atoms with Crippen LogP contribution >= 0.6 is 11.3 Å². The van der Waals surface area contributed by atoms with Crippen LogP contribution in [0, 0.1) is 5.41 Å². The van der Waals surface area contributed by atoms with Crippen molar-refractivity contribution in [1.82, 2.24) is 14.9 Å². The first kappa shape index (κ1) is 21.2. The van der Waals surface area contributed by atoms with Crippen LogP contribution in [0.25, 0.3) is 10.2 Å². The van der Waals surface area contributed by atoms with E-state index in [0.717, 1.165) is 41.0 Å². The van der Waals surface area contributed by atoms with Crippen molar-refractivity contribution in [1.29, 1.82) is 5.41 Å². The summed E-state index contributed by atoms with van der Waals surface area (Å²) in [7, 11) is 0. The molecule has 0 atom stereocenters. The van der Waals surface area contributed by atoms with Crippen molar-refractivity contribution in [2.24, 2.45) is 0 Å². The summed E-state index contributed by atoms with van der Waals surface area (Å²) in [5, 5.41) is 21.0. The Morgan fingerprint density at radius 1 is 1.29 bits per heavy atom. The largest absolute Gasteiger partial charge is 0.398 e. The van der Waals surface area contributed by atoms with Crippen molar-refractivity contribution < 1.29 is 9.90 Å². The Morgan fingerprint density at radius 3 is 2.74 bits per heavy atom. The molecule has 8 nitrogen and oxygen atoms in total. The molecule has 1 amide bonds. The molecular formula is C22H26N6O2S. The molecule has 1 saturated heterocycles. The first-order valence-electron chi connectivity index (χ1n) is 10.2. The second-order valence-electron chi connectivity index (χ2n) is 8.23. The number of aryl methyl sites for hydroxylation is 2. The van der Waals surface area contributed by atoms with Crippen LogP contribution in [-0.2, 0) is 17.6 Å². The smallest absolute Gasteiger partial charge is 0.209 e. The number of aliphatic hydroxyl groups is 1. The van der Waals surface area contributed by atoms with E-state index in [1.165, 1.54) is 34.4 Å². The number of β-amino-alcohol motifs (C(OH)–C–C–N with tert-alkyl or cyclic N) is 1. The minimum atomic E-state index is -0.610. The van der Waals surface area contributed by atoms with E-state index in [1.54, 1.807) is 24.6 Å². The predicted octanol–water partition coefficient (Wildman–Crippen LogP) is 3.10. The Hall–Kier alpha value is -3.04. The molecule has 5 N–H and O–H groups in total. The lowest BCUT2D eigenvalue weighted by atomic mass is 9.97. The molecule has 5 rings (SSSR count). The van der Waals surface area contributed by atoms with Crippen LogP contribution in [0.1, 0.15) is 35.8 Å². The second kappa shape index (κ2) is 8.60. The molecule has 1 fully saturated rings. The SMILES string of the molecule is CC1(O)CN(C=O)C1.N=Cc1cc(Nc2ncnc3sc4c(c23)CCCC4)ccc1N. The number of nitrogens with one attached hydrogen (secondary N) is 2. The Labute approximate surface area is 184 Å². The number of nitrogens with two attached hydrogens (primary N) is 1. The molecule has 1 aliphatic heterocycles. The fourth-order valence-corrected chi connectivity index (χ4v) is 5.23. The summed E-state index contributed by atoms with van der Waals surface area (Å²) in [5.41, 5.74) is 8.84. The molecule has 31 heavy (non-hydrogen) atoms. The number of likely N-dealkylation sites (tertiary alicyclic amines) is 1. The van der Waals surface area contributed by atoms with Crippen LogP contribution in [0.15, 0.2) is 24.5 Å². The average Bonchev–Trinajstić information content (AvgIpc) is 3.13. The van der Waals surface area contributed by atoms with E-state index in [9.17, 15) is 4.79 Å². The lowest BCUT2D eigenvalue weighted by Gasteiger charge is -2.41. The van der Waals surface area contributed by atoms with Crippen molar-refractivity contribution in [2.75, 3.05) is 24.1 Å². The van der Waals surface area contributed by atoms with E-state index < -0.39 is 5.60 Å². The zero-order valence-electron chi connectivity index (χ0n) is 17.4. The van der Waals surface area contributed by atoms with Crippen molar-refractivity contribution in [3.05, 3.63) is 40.5 Å². The number of amides is 1. The van der Waals surface area contributed by atoms with E-state index >= 15 is 0 Å². The van der Waals surface area contributed by atoms with Crippen molar-refractivity contribution in [3.8, 4) is 0 Å². The van der Waals surface area contributed by atoms with Gasteiger partial charge in [-0.2, -0.15) is 0 Å². The molecule has 1 aromatic carbocycles. The lowest BCUT2D eigenvalue weighted by molar-refractivity contribution is -0.138. The molecule has 2 aliphatic rings. The van der Waals surface area contributed by atoms with Gasteiger partial charge in [-0.25, -0.2) is 9.97 Å². The average molecular weight is 439 g/mol. The third kappa shape index (κ3) is 4.52. The van der Waals surface area contributed by atoms with E-state index in [2.05, 4.69) is 15.3 Å². The summed E-state index contributed by atoms with van der Waals surface area (Å²) in [4.78, 5) is 22.8. The van der Waals surface area contributed by atoms with Gasteiger partial charge in [0.2, 0.25) is 6.41 Å². The van der Waals surface area contributed by atoms with Gasteiger partial charge < -0.3 is 26.5 Å². The second-order valence-corrected chi connectivity index (χ2v) is 9.32.